The summed E-state index contributed by atoms with van der Waals surface area (Å²) < 4.78 is 1.84. The lowest BCUT2D eigenvalue weighted by atomic mass is 10.0. The fraction of sp³-hybridized carbons (Fsp3) is 0.750. The Kier molecular flexibility index (Phi) is 8.44. The van der Waals surface area contributed by atoms with Crippen LogP contribution in [-0.4, -0.2) is 75.6 Å². The number of aliphatic hydroxyl groups is 1. The Morgan fingerprint density at radius 3 is 2.74 bits per heavy atom. The van der Waals surface area contributed by atoms with E-state index in [0.29, 0.717) is 24.2 Å². The Bertz CT molecular complexity index is 616. The van der Waals surface area contributed by atoms with Gasteiger partial charge in [-0.2, -0.15) is 0 Å². The molecule has 0 aromatic carbocycles. The fourth-order valence-electron chi connectivity index (χ4n) is 3.56. The van der Waals surface area contributed by atoms with E-state index in [1.807, 2.05) is 4.68 Å². The zero-order chi connectivity index (χ0) is 19.8. The van der Waals surface area contributed by atoms with Crippen LogP contribution in [0.15, 0.2) is 17.8 Å². The van der Waals surface area contributed by atoms with Crippen molar-refractivity contribution in [2.24, 2.45) is 5.92 Å². The SMILES string of the molecule is CC(C)=CCCC(C)CN1CCC(n2cc(C(=O)N(C)CCO)nn2)CC1. The maximum Gasteiger partial charge on any atom is 0.275 e. The number of hydrogen-bond donors (Lipinski definition) is 1. The molecule has 1 aliphatic rings. The predicted molar refractivity (Wildman–Crippen MR) is 107 cm³/mol. The second kappa shape index (κ2) is 10.6. The number of allylic oxidation sites excluding steroid dienone is 2. The molecule has 0 radical (unpaired) electrons. The third kappa shape index (κ3) is 6.74. The lowest BCUT2D eigenvalue weighted by molar-refractivity contribution is 0.0761. The van der Waals surface area contributed by atoms with Crippen LogP contribution in [0.2, 0.25) is 0 Å². The van der Waals surface area contributed by atoms with Crippen molar-refractivity contribution in [1.29, 1.82) is 0 Å². The normalized spacial score (nSPS) is 16.9. The molecular formula is C20H35N5O2. The average molecular weight is 378 g/mol. The summed E-state index contributed by atoms with van der Waals surface area (Å²) in [4.78, 5) is 16.2. The maximum atomic E-state index is 12.2. The van der Waals surface area contributed by atoms with Crippen molar-refractivity contribution in [2.45, 2.75) is 52.5 Å². The highest BCUT2D eigenvalue weighted by atomic mass is 16.3. The molecule has 1 N–H and O–H groups in total. The van der Waals surface area contributed by atoms with E-state index in [0.717, 1.165) is 32.5 Å². The first kappa shape index (κ1) is 21.6. The van der Waals surface area contributed by atoms with Gasteiger partial charge in [-0.1, -0.05) is 23.8 Å². The molecule has 2 heterocycles. The van der Waals surface area contributed by atoms with E-state index < -0.39 is 0 Å². The molecule has 27 heavy (non-hydrogen) atoms. The van der Waals surface area contributed by atoms with E-state index in [2.05, 4.69) is 42.1 Å². The molecule has 1 aromatic heterocycles. The quantitative estimate of drug-likeness (QED) is 0.669. The highest BCUT2D eigenvalue weighted by Gasteiger charge is 2.24. The van der Waals surface area contributed by atoms with Crippen LogP contribution < -0.4 is 0 Å². The van der Waals surface area contributed by atoms with Crippen LogP contribution >= 0.6 is 0 Å². The minimum absolute atomic E-state index is 0.0540. The zero-order valence-corrected chi connectivity index (χ0v) is 17.3. The van der Waals surface area contributed by atoms with Gasteiger partial charge in [-0.3, -0.25) is 4.79 Å². The summed E-state index contributed by atoms with van der Waals surface area (Å²) in [6, 6.07) is 0.305. The minimum atomic E-state index is -0.196. The van der Waals surface area contributed by atoms with E-state index in [9.17, 15) is 4.79 Å². The van der Waals surface area contributed by atoms with Crippen LogP contribution in [0.5, 0.6) is 0 Å². The molecule has 1 atom stereocenters. The van der Waals surface area contributed by atoms with Crippen molar-refractivity contribution < 1.29 is 9.90 Å². The van der Waals surface area contributed by atoms with Crippen molar-refractivity contribution in [3.63, 3.8) is 0 Å². The fourth-order valence-corrected chi connectivity index (χ4v) is 3.56. The van der Waals surface area contributed by atoms with Gasteiger partial charge in [-0.15, -0.1) is 5.10 Å². The number of piperidine rings is 1. The van der Waals surface area contributed by atoms with Crippen LogP contribution in [0.4, 0.5) is 0 Å². The van der Waals surface area contributed by atoms with Gasteiger partial charge < -0.3 is 14.9 Å². The second-order valence-electron chi connectivity index (χ2n) is 8.03. The summed E-state index contributed by atoms with van der Waals surface area (Å²) in [5.74, 6) is 0.507. The molecule has 1 amide bonds. The number of likely N-dealkylation sites (tertiary alicyclic amines) is 1. The van der Waals surface area contributed by atoms with Gasteiger partial charge >= 0.3 is 0 Å². The van der Waals surface area contributed by atoms with Crippen molar-refractivity contribution in [2.75, 3.05) is 39.8 Å². The van der Waals surface area contributed by atoms with E-state index in [4.69, 9.17) is 5.11 Å². The number of likely N-dealkylation sites (N-methyl/N-ethyl adjacent to an activating group) is 1. The number of amides is 1. The summed E-state index contributed by atoms with van der Waals surface area (Å²) >= 11 is 0. The lowest BCUT2D eigenvalue weighted by Crippen LogP contribution is -2.37. The molecule has 0 aliphatic carbocycles. The highest BCUT2D eigenvalue weighted by molar-refractivity contribution is 5.91. The van der Waals surface area contributed by atoms with E-state index in [1.54, 1.807) is 13.2 Å². The standard InChI is InChI=1S/C20H35N5O2/c1-16(2)6-5-7-17(3)14-24-10-8-18(9-11-24)25-15-19(21-22-25)20(27)23(4)12-13-26/h6,15,17-18,26H,5,7-14H2,1-4H3. The number of carbonyl (C=O) groups excluding carboxylic acids is 1. The van der Waals surface area contributed by atoms with Gasteiger partial charge in [-0.05, 0) is 45.4 Å². The van der Waals surface area contributed by atoms with E-state index >= 15 is 0 Å². The molecule has 0 saturated carbocycles. The molecular weight excluding hydrogens is 342 g/mol. The molecule has 152 valence electrons. The summed E-state index contributed by atoms with van der Waals surface area (Å²) in [6.07, 6.45) is 8.54. The van der Waals surface area contributed by atoms with Gasteiger partial charge in [0.2, 0.25) is 0 Å². The van der Waals surface area contributed by atoms with Crippen molar-refractivity contribution in [3.8, 4) is 0 Å². The summed E-state index contributed by atoms with van der Waals surface area (Å²) in [7, 11) is 1.66. The Morgan fingerprint density at radius 2 is 2.11 bits per heavy atom. The van der Waals surface area contributed by atoms with Crippen LogP contribution in [-0.2, 0) is 0 Å². The van der Waals surface area contributed by atoms with Gasteiger partial charge in [0.25, 0.3) is 5.91 Å². The van der Waals surface area contributed by atoms with Gasteiger partial charge in [0.05, 0.1) is 18.8 Å². The molecule has 0 spiro atoms. The van der Waals surface area contributed by atoms with Crippen LogP contribution in [0.25, 0.3) is 0 Å². The summed E-state index contributed by atoms with van der Waals surface area (Å²) in [5, 5.41) is 17.2. The molecule has 1 aromatic rings. The zero-order valence-electron chi connectivity index (χ0n) is 17.3. The van der Waals surface area contributed by atoms with Crippen LogP contribution in [0, 0.1) is 5.92 Å². The first-order chi connectivity index (χ1) is 12.9. The average Bonchev–Trinajstić information content (AvgIpc) is 3.11. The minimum Gasteiger partial charge on any atom is -0.395 e. The lowest BCUT2D eigenvalue weighted by Gasteiger charge is -2.33. The molecule has 0 bridgehead atoms. The Labute approximate surface area is 163 Å². The maximum absolute atomic E-state index is 12.2. The highest BCUT2D eigenvalue weighted by Crippen LogP contribution is 2.23. The Hall–Kier alpha value is -1.73. The van der Waals surface area contributed by atoms with Crippen molar-refractivity contribution in [1.82, 2.24) is 24.8 Å². The number of aliphatic hydroxyl groups excluding tert-OH is 1. The Morgan fingerprint density at radius 1 is 1.41 bits per heavy atom. The molecule has 1 unspecified atom stereocenters. The Balaban J connectivity index is 1.79. The molecule has 1 saturated heterocycles. The van der Waals surface area contributed by atoms with Crippen molar-refractivity contribution in [3.05, 3.63) is 23.5 Å². The number of nitrogens with zero attached hydrogens (tertiary/aromatic N) is 5. The van der Waals surface area contributed by atoms with Gasteiger partial charge in [0, 0.05) is 33.2 Å². The first-order valence-corrected chi connectivity index (χ1v) is 10.0. The number of aromatic nitrogens is 3. The third-order valence-electron chi connectivity index (χ3n) is 5.22. The smallest absolute Gasteiger partial charge is 0.275 e. The largest absolute Gasteiger partial charge is 0.395 e. The summed E-state index contributed by atoms with van der Waals surface area (Å²) in [5.41, 5.74) is 1.75. The second-order valence-corrected chi connectivity index (χ2v) is 8.03. The number of carbonyl (C=O) groups is 1. The van der Waals surface area contributed by atoms with E-state index in [1.165, 1.54) is 23.3 Å². The molecule has 1 aliphatic heterocycles. The van der Waals surface area contributed by atoms with Gasteiger partial charge in [-0.25, -0.2) is 4.68 Å². The molecule has 7 nitrogen and oxygen atoms in total. The first-order valence-electron chi connectivity index (χ1n) is 10.0. The van der Waals surface area contributed by atoms with E-state index in [-0.39, 0.29) is 12.5 Å². The monoisotopic (exact) mass is 377 g/mol. The number of rotatable bonds is 9. The molecule has 1 fully saturated rings. The topological polar surface area (TPSA) is 74.5 Å². The van der Waals surface area contributed by atoms with Crippen molar-refractivity contribution >= 4 is 5.91 Å². The number of hydrogen-bond acceptors (Lipinski definition) is 5. The van der Waals surface area contributed by atoms with Gasteiger partial charge in [0.1, 0.15) is 0 Å². The molecule has 7 heteroatoms. The summed E-state index contributed by atoms with van der Waals surface area (Å²) in [6.45, 7) is 10.2. The van der Waals surface area contributed by atoms with Crippen LogP contribution in [0.3, 0.4) is 0 Å². The molecule has 2 rings (SSSR count). The predicted octanol–water partition coefficient (Wildman–Crippen LogP) is 2.36. The van der Waals surface area contributed by atoms with Gasteiger partial charge in [0.15, 0.2) is 5.69 Å². The third-order valence-corrected chi connectivity index (χ3v) is 5.22. The van der Waals surface area contributed by atoms with Crippen LogP contribution in [0.1, 0.15) is 63.0 Å².